The summed E-state index contributed by atoms with van der Waals surface area (Å²) in [6.07, 6.45) is 0.0212. The second-order valence-electron chi connectivity index (χ2n) is 4.06. The van der Waals surface area contributed by atoms with Crippen LogP contribution >= 0.6 is 0 Å². The van der Waals surface area contributed by atoms with Gasteiger partial charge in [-0.15, -0.1) is 4.31 Å². The van der Waals surface area contributed by atoms with Crippen LogP contribution in [0.25, 0.3) is 0 Å². The summed E-state index contributed by atoms with van der Waals surface area (Å²) in [7, 11) is -4.04. The molecule has 0 unspecified atom stereocenters. The smallest absolute Gasteiger partial charge is 0.431 e. The van der Waals surface area contributed by atoms with E-state index in [9.17, 15) is 13.2 Å². The van der Waals surface area contributed by atoms with Crippen LogP contribution in [0.3, 0.4) is 0 Å². The molecule has 0 bridgehead atoms. The molecule has 6 nitrogen and oxygen atoms in total. The van der Waals surface area contributed by atoms with E-state index in [0.29, 0.717) is 4.31 Å². The van der Waals surface area contributed by atoms with Crippen molar-refractivity contribution in [1.29, 1.82) is 0 Å². The third kappa shape index (κ3) is 2.62. The fraction of sp³-hybridized carbons (Fsp3) is 0.625. The highest BCUT2D eigenvalue weighted by atomic mass is 32.2. The van der Waals surface area contributed by atoms with Crippen molar-refractivity contribution in [1.82, 2.24) is 4.31 Å². The zero-order chi connectivity index (χ0) is 11.9. The van der Waals surface area contributed by atoms with Crippen LogP contribution < -0.4 is 0 Å². The van der Waals surface area contributed by atoms with E-state index in [1.54, 1.807) is 20.8 Å². The van der Waals surface area contributed by atoms with Gasteiger partial charge in [-0.2, -0.15) is 8.42 Å². The Morgan fingerprint density at radius 2 is 2.00 bits per heavy atom. The van der Waals surface area contributed by atoms with Gasteiger partial charge in [-0.25, -0.2) is 4.79 Å². The molecular formula is C8H13NO5S. The highest BCUT2D eigenvalue weighted by Crippen LogP contribution is 2.23. The lowest BCUT2D eigenvalue weighted by Crippen LogP contribution is -2.37. The maximum atomic E-state index is 11.5. The van der Waals surface area contributed by atoms with Gasteiger partial charge < -0.3 is 8.92 Å². The summed E-state index contributed by atoms with van der Waals surface area (Å²) in [4.78, 5) is 11.5. The number of rotatable bonds is 0. The van der Waals surface area contributed by atoms with Crippen LogP contribution in [0.2, 0.25) is 0 Å². The Balaban J connectivity index is 2.89. The van der Waals surface area contributed by atoms with Gasteiger partial charge in [0, 0.05) is 0 Å². The largest absolute Gasteiger partial charge is 0.443 e. The van der Waals surface area contributed by atoms with Gasteiger partial charge >= 0.3 is 16.4 Å². The van der Waals surface area contributed by atoms with Crippen LogP contribution in [0.1, 0.15) is 27.7 Å². The maximum Gasteiger partial charge on any atom is 0.431 e. The third-order valence-corrected chi connectivity index (χ3v) is 2.67. The number of hydrogen-bond donors (Lipinski definition) is 0. The molecule has 0 saturated heterocycles. The molecule has 1 amide bonds. The van der Waals surface area contributed by atoms with Crippen molar-refractivity contribution < 1.29 is 22.1 Å². The highest BCUT2D eigenvalue weighted by Gasteiger charge is 2.38. The van der Waals surface area contributed by atoms with E-state index in [-0.39, 0.29) is 5.70 Å². The molecule has 0 atom stereocenters. The van der Waals surface area contributed by atoms with Gasteiger partial charge in [-0.1, -0.05) is 0 Å². The SMILES string of the molecule is CC1=COS(=O)(=O)N1C(=O)OC(C)(C)C. The molecular weight excluding hydrogens is 222 g/mol. The minimum Gasteiger partial charge on any atom is -0.443 e. The topological polar surface area (TPSA) is 72.9 Å². The van der Waals surface area contributed by atoms with Crippen molar-refractivity contribution in [3.8, 4) is 0 Å². The van der Waals surface area contributed by atoms with Crippen LogP contribution in [-0.2, 0) is 19.2 Å². The molecule has 0 radical (unpaired) electrons. The fourth-order valence-electron chi connectivity index (χ4n) is 0.936. The van der Waals surface area contributed by atoms with E-state index >= 15 is 0 Å². The van der Waals surface area contributed by atoms with Gasteiger partial charge in [0.1, 0.15) is 11.9 Å². The molecule has 0 fully saturated rings. The molecule has 15 heavy (non-hydrogen) atoms. The molecule has 0 aliphatic carbocycles. The lowest BCUT2D eigenvalue weighted by atomic mass is 10.2. The molecule has 0 N–H and O–H groups in total. The summed E-state index contributed by atoms with van der Waals surface area (Å²) in [6, 6.07) is 0. The van der Waals surface area contributed by atoms with Crippen molar-refractivity contribution in [2.45, 2.75) is 33.3 Å². The predicted molar refractivity (Wildman–Crippen MR) is 51.8 cm³/mol. The number of allylic oxidation sites excluding steroid dienone is 1. The van der Waals surface area contributed by atoms with E-state index in [1.165, 1.54) is 6.92 Å². The quantitative estimate of drug-likeness (QED) is 0.633. The number of carbonyl (C=O) groups excluding carboxylic acids is 1. The molecule has 0 saturated carbocycles. The molecule has 1 rings (SSSR count). The zero-order valence-electron chi connectivity index (χ0n) is 8.97. The third-order valence-electron chi connectivity index (χ3n) is 1.44. The van der Waals surface area contributed by atoms with Crippen molar-refractivity contribution in [2.75, 3.05) is 0 Å². The zero-order valence-corrected chi connectivity index (χ0v) is 9.79. The van der Waals surface area contributed by atoms with Crippen LogP contribution in [0.4, 0.5) is 4.79 Å². The van der Waals surface area contributed by atoms with E-state index in [2.05, 4.69) is 4.18 Å². The Kier molecular flexibility index (Phi) is 2.69. The first-order valence-corrected chi connectivity index (χ1v) is 5.63. The molecule has 0 aromatic carbocycles. The lowest BCUT2D eigenvalue weighted by Gasteiger charge is -2.22. The molecule has 1 aliphatic rings. The average Bonchev–Trinajstić information content (AvgIpc) is 2.21. The first kappa shape index (κ1) is 11.8. The Morgan fingerprint density at radius 1 is 1.47 bits per heavy atom. The first-order valence-electron chi connectivity index (χ1n) is 4.27. The molecule has 1 aliphatic heterocycles. The molecule has 0 aromatic heterocycles. The van der Waals surface area contributed by atoms with Gasteiger partial charge in [0.05, 0.1) is 5.70 Å². The molecule has 86 valence electrons. The number of ether oxygens (including phenoxy) is 1. The number of carbonyl (C=O) groups is 1. The Bertz CT molecular complexity index is 403. The predicted octanol–water partition coefficient (Wildman–Crippen LogP) is 1.36. The van der Waals surface area contributed by atoms with Gasteiger partial charge in [-0.3, -0.25) is 0 Å². The second kappa shape index (κ2) is 3.41. The van der Waals surface area contributed by atoms with Crippen molar-refractivity contribution >= 4 is 16.4 Å². The minimum atomic E-state index is -4.04. The number of nitrogens with zero attached hydrogens (tertiary/aromatic N) is 1. The summed E-state index contributed by atoms with van der Waals surface area (Å²) in [5.74, 6) is 0. The second-order valence-corrected chi connectivity index (χ2v) is 5.47. The van der Waals surface area contributed by atoms with Crippen LogP contribution in [-0.4, -0.2) is 24.4 Å². The monoisotopic (exact) mass is 235 g/mol. The maximum absolute atomic E-state index is 11.5. The van der Waals surface area contributed by atoms with E-state index in [4.69, 9.17) is 4.74 Å². The summed E-state index contributed by atoms with van der Waals surface area (Å²) in [5.41, 5.74) is -0.584. The molecule has 1 heterocycles. The minimum absolute atomic E-state index is 0.171. The van der Waals surface area contributed by atoms with Gasteiger partial charge in [-0.05, 0) is 27.7 Å². The van der Waals surface area contributed by atoms with E-state index in [0.717, 1.165) is 6.26 Å². The Hall–Kier alpha value is -1.24. The van der Waals surface area contributed by atoms with Gasteiger partial charge in [0.2, 0.25) is 0 Å². The number of hydrogen-bond acceptors (Lipinski definition) is 5. The van der Waals surface area contributed by atoms with Crippen molar-refractivity contribution in [3.63, 3.8) is 0 Å². The molecule has 0 aromatic rings. The first-order chi connectivity index (χ1) is 6.63. The van der Waals surface area contributed by atoms with Crippen molar-refractivity contribution in [3.05, 3.63) is 12.0 Å². The van der Waals surface area contributed by atoms with E-state index in [1.807, 2.05) is 0 Å². The summed E-state index contributed by atoms with van der Waals surface area (Å²) >= 11 is 0. The highest BCUT2D eigenvalue weighted by molar-refractivity contribution is 7.85. The lowest BCUT2D eigenvalue weighted by molar-refractivity contribution is 0.0430. The molecule has 7 heteroatoms. The van der Waals surface area contributed by atoms with Crippen LogP contribution in [0, 0.1) is 0 Å². The summed E-state index contributed by atoms with van der Waals surface area (Å²) in [6.45, 7) is 6.38. The van der Waals surface area contributed by atoms with Gasteiger partial charge in [0.25, 0.3) is 0 Å². The summed E-state index contributed by atoms with van der Waals surface area (Å²) < 4.78 is 32.2. The van der Waals surface area contributed by atoms with Gasteiger partial charge in [0.15, 0.2) is 0 Å². The Morgan fingerprint density at radius 3 is 2.33 bits per heavy atom. The number of amides is 1. The van der Waals surface area contributed by atoms with Crippen LogP contribution in [0.5, 0.6) is 0 Å². The summed E-state index contributed by atoms with van der Waals surface area (Å²) in [5, 5.41) is 0. The van der Waals surface area contributed by atoms with E-state index < -0.39 is 22.0 Å². The van der Waals surface area contributed by atoms with Crippen LogP contribution in [0.15, 0.2) is 12.0 Å². The fourth-order valence-corrected chi connectivity index (χ4v) is 1.90. The normalized spacial score (nSPS) is 19.5. The standard InChI is InChI=1S/C8H13NO5S/c1-6-5-13-15(11,12)9(6)7(10)14-8(2,3)4/h5H,1-4H3. The Labute approximate surface area is 88.7 Å². The van der Waals surface area contributed by atoms with Crippen molar-refractivity contribution in [2.24, 2.45) is 0 Å². The average molecular weight is 235 g/mol. The molecule has 0 spiro atoms.